The van der Waals surface area contributed by atoms with E-state index in [1.807, 2.05) is 36.4 Å². The van der Waals surface area contributed by atoms with E-state index in [2.05, 4.69) is 4.74 Å². The van der Waals surface area contributed by atoms with Gasteiger partial charge in [0.1, 0.15) is 6.61 Å². The van der Waals surface area contributed by atoms with E-state index >= 15 is 0 Å². The van der Waals surface area contributed by atoms with Gasteiger partial charge in [-0.25, -0.2) is 4.79 Å². The van der Waals surface area contributed by atoms with Crippen molar-refractivity contribution in [1.29, 1.82) is 0 Å². The Morgan fingerprint density at radius 1 is 1.25 bits per heavy atom. The number of aryl methyl sites for hydroxylation is 1. The van der Waals surface area contributed by atoms with E-state index in [0.717, 1.165) is 24.3 Å². The van der Waals surface area contributed by atoms with Crippen LogP contribution in [0.5, 0.6) is 0 Å². The number of halogens is 1. The molecule has 0 aromatic heterocycles. The minimum atomic E-state index is 0.310. The Labute approximate surface area is 101 Å². The lowest BCUT2D eigenvalue weighted by molar-refractivity contribution is 0.313. The van der Waals surface area contributed by atoms with Gasteiger partial charge in [0.25, 0.3) is 0 Å². The van der Waals surface area contributed by atoms with Gasteiger partial charge in [0.2, 0.25) is 0 Å². The first-order valence-corrected chi connectivity index (χ1v) is 5.59. The van der Waals surface area contributed by atoms with Crippen molar-refractivity contribution < 1.29 is 9.53 Å². The molecule has 0 fully saturated rings. The molecule has 1 rings (SSSR count). The summed E-state index contributed by atoms with van der Waals surface area (Å²) in [5.74, 6) is 0. The molecule has 16 heavy (non-hydrogen) atoms. The second-order valence-corrected chi connectivity index (χ2v) is 3.82. The van der Waals surface area contributed by atoms with Crippen molar-refractivity contribution in [3.05, 3.63) is 47.0 Å². The first kappa shape index (κ1) is 12.8. The zero-order valence-corrected chi connectivity index (χ0v) is 9.74. The number of benzene rings is 1. The van der Waals surface area contributed by atoms with Crippen LogP contribution in [0.2, 0.25) is 5.02 Å². The lowest BCUT2D eigenvalue weighted by Gasteiger charge is -1.99. The normalized spacial score (nSPS) is 10.6. The number of hydrogen-bond donors (Lipinski definition) is 0. The third-order valence-corrected chi connectivity index (χ3v) is 2.41. The molecule has 0 aliphatic rings. The Hall–Kier alpha value is -1.28. The van der Waals surface area contributed by atoms with Gasteiger partial charge in [0.15, 0.2) is 0 Å². The molecule has 0 spiro atoms. The third-order valence-electron chi connectivity index (χ3n) is 2.15. The van der Waals surface area contributed by atoms with Crippen molar-refractivity contribution >= 4 is 18.1 Å². The highest BCUT2D eigenvalue weighted by atomic mass is 35.5. The average molecular weight is 238 g/mol. The van der Waals surface area contributed by atoms with Gasteiger partial charge in [-0.05, 0) is 37.0 Å². The zero-order valence-electron chi connectivity index (χ0n) is 8.99. The maximum absolute atomic E-state index is 9.71. The largest absolute Gasteiger partial charge is 0.453 e. The van der Waals surface area contributed by atoms with Crippen molar-refractivity contribution in [1.82, 2.24) is 0 Å². The van der Waals surface area contributed by atoms with E-state index in [0.29, 0.717) is 6.61 Å². The van der Waals surface area contributed by atoms with Gasteiger partial charge >= 0.3 is 6.47 Å². The molecular weight excluding hydrogens is 224 g/mol. The smallest absolute Gasteiger partial charge is 0.417 e. The molecule has 0 saturated heterocycles. The molecule has 0 atom stereocenters. The van der Waals surface area contributed by atoms with Gasteiger partial charge in [0, 0.05) is 5.02 Å². The molecule has 3 heteroatoms. The summed E-state index contributed by atoms with van der Waals surface area (Å²) in [5, 5.41) is 0.769. The number of rotatable bonds is 7. The highest BCUT2D eigenvalue weighted by Gasteiger charge is 1.92. The molecule has 1 aromatic carbocycles. The molecule has 85 valence electrons. The highest BCUT2D eigenvalue weighted by Crippen LogP contribution is 2.11. The van der Waals surface area contributed by atoms with Gasteiger partial charge in [-0.3, -0.25) is 0 Å². The molecule has 0 saturated carbocycles. The predicted molar refractivity (Wildman–Crippen MR) is 65.2 cm³/mol. The van der Waals surface area contributed by atoms with Crippen LogP contribution in [0.4, 0.5) is 0 Å². The third kappa shape index (κ3) is 5.56. The summed E-state index contributed by atoms with van der Waals surface area (Å²) >= 11 is 5.79. The fraction of sp³-hybridized carbons (Fsp3) is 0.308. The summed E-state index contributed by atoms with van der Waals surface area (Å²) in [7, 11) is 0. The van der Waals surface area contributed by atoms with Crippen LogP contribution in [0.15, 0.2) is 36.4 Å². The van der Waals surface area contributed by atoms with Crippen molar-refractivity contribution in [2.75, 3.05) is 6.61 Å². The van der Waals surface area contributed by atoms with E-state index in [4.69, 9.17) is 11.6 Å². The van der Waals surface area contributed by atoms with Gasteiger partial charge < -0.3 is 4.74 Å². The summed E-state index contributed by atoms with van der Waals surface area (Å²) in [5.41, 5.74) is 1.29. The molecule has 0 amide bonds. The Morgan fingerprint density at radius 2 is 2.00 bits per heavy atom. The molecule has 0 N–H and O–H groups in total. The Bertz CT molecular complexity index is 330. The monoisotopic (exact) mass is 237 g/mol. The van der Waals surface area contributed by atoms with Crippen LogP contribution in [-0.4, -0.2) is 13.1 Å². The Balaban J connectivity index is 2.13. The van der Waals surface area contributed by atoms with Crippen LogP contribution in [0.25, 0.3) is 0 Å². The molecule has 0 aliphatic heterocycles. The first-order chi connectivity index (χ1) is 7.83. The van der Waals surface area contributed by atoms with E-state index < -0.39 is 0 Å². The number of unbranched alkanes of at least 4 members (excludes halogenated alkanes) is 1. The van der Waals surface area contributed by atoms with Crippen LogP contribution in [0, 0.1) is 0 Å². The quantitative estimate of drug-likeness (QED) is 0.537. The van der Waals surface area contributed by atoms with Crippen molar-refractivity contribution in [3.63, 3.8) is 0 Å². The second-order valence-electron chi connectivity index (χ2n) is 3.38. The molecule has 0 bridgehead atoms. The SMILES string of the molecule is O=[C]OCC=CCCCc1ccc(Cl)cc1. The average Bonchev–Trinajstić information content (AvgIpc) is 2.30. The summed E-state index contributed by atoms with van der Waals surface area (Å²) in [4.78, 5) is 9.71. The number of allylic oxidation sites excluding steroid dienone is 1. The lowest BCUT2D eigenvalue weighted by atomic mass is 10.1. The van der Waals surface area contributed by atoms with E-state index in [-0.39, 0.29) is 0 Å². The number of hydrogen-bond acceptors (Lipinski definition) is 2. The fourth-order valence-electron chi connectivity index (χ4n) is 1.34. The molecule has 0 aliphatic carbocycles. The van der Waals surface area contributed by atoms with Gasteiger partial charge in [-0.15, -0.1) is 0 Å². The van der Waals surface area contributed by atoms with Crippen molar-refractivity contribution in [3.8, 4) is 0 Å². The summed E-state index contributed by atoms with van der Waals surface area (Å²) in [6.45, 7) is 1.69. The van der Waals surface area contributed by atoms with Gasteiger partial charge in [0.05, 0.1) is 0 Å². The Morgan fingerprint density at radius 3 is 2.69 bits per heavy atom. The van der Waals surface area contributed by atoms with Crippen LogP contribution < -0.4 is 0 Å². The Kier molecular flexibility index (Phi) is 6.35. The van der Waals surface area contributed by atoms with Crippen LogP contribution in [0.3, 0.4) is 0 Å². The summed E-state index contributed by atoms with van der Waals surface area (Å²) in [6, 6.07) is 7.88. The summed E-state index contributed by atoms with van der Waals surface area (Å²) < 4.78 is 4.40. The molecule has 2 nitrogen and oxygen atoms in total. The van der Waals surface area contributed by atoms with E-state index in [1.54, 1.807) is 0 Å². The van der Waals surface area contributed by atoms with E-state index in [1.165, 1.54) is 12.0 Å². The van der Waals surface area contributed by atoms with Gasteiger partial charge in [-0.2, -0.15) is 0 Å². The maximum Gasteiger partial charge on any atom is 0.417 e. The molecular formula is C13H14ClO2. The molecule has 1 aromatic rings. The second kappa shape index (κ2) is 7.94. The molecule has 0 heterocycles. The number of ether oxygens (including phenoxy) is 1. The minimum Gasteiger partial charge on any atom is -0.453 e. The molecule has 1 radical (unpaired) electrons. The predicted octanol–water partition coefficient (Wildman–Crippen LogP) is 3.30. The topological polar surface area (TPSA) is 26.3 Å². The first-order valence-electron chi connectivity index (χ1n) is 5.21. The zero-order chi connectivity index (χ0) is 11.6. The minimum absolute atomic E-state index is 0.310. The van der Waals surface area contributed by atoms with Crippen molar-refractivity contribution in [2.45, 2.75) is 19.3 Å². The van der Waals surface area contributed by atoms with E-state index in [9.17, 15) is 4.79 Å². The van der Waals surface area contributed by atoms with Crippen LogP contribution >= 0.6 is 11.6 Å². The van der Waals surface area contributed by atoms with Gasteiger partial charge in [-0.1, -0.05) is 35.9 Å². The lowest BCUT2D eigenvalue weighted by Crippen LogP contribution is -1.86. The van der Waals surface area contributed by atoms with Crippen LogP contribution in [-0.2, 0) is 16.0 Å². The summed E-state index contributed by atoms with van der Waals surface area (Å²) in [6.07, 6.45) is 6.91. The maximum atomic E-state index is 9.71. The van der Waals surface area contributed by atoms with Crippen molar-refractivity contribution in [2.24, 2.45) is 0 Å². The fourth-order valence-corrected chi connectivity index (χ4v) is 1.47. The highest BCUT2D eigenvalue weighted by molar-refractivity contribution is 6.30. The van der Waals surface area contributed by atoms with Crippen LogP contribution in [0.1, 0.15) is 18.4 Å². The number of carbonyl (C=O) groups excluding carboxylic acids is 1. The standard InChI is InChI=1S/C13H14ClO2/c14-13-8-6-12(7-9-13)5-3-1-2-4-10-16-11-15/h2,4,6-9H,1,3,5,10H2. The molecule has 0 unspecified atom stereocenters.